The summed E-state index contributed by atoms with van der Waals surface area (Å²) in [5.74, 6) is 0.189. The number of hydrogen-bond donors (Lipinski definition) is 2. The fourth-order valence-electron chi connectivity index (χ4n) is 1.26. The molecule has 0 aliphatic carbocycles. The van der Waals surface area contributed by atoms with Crippen molar-refractivity contribution in [2.75, 3.05) is 11.1 Å². The molecule has 0 saturated heterocycles. The van der Waals surface area contributed by atoms with Crippen LogP contribution in [0.2, 0.25) is 0 Å². The molecule has 88 valence electrons. The fourth-order valence-corrected chi connectivity index (χ4v) is 2.69. The van der Waals surface area contributed by atoms with Gasteiger partial charge in [-0.25, -0.2) is 4.98 Å². The highest BCUT2D eigenvalue weighted by atomic mass is 79.9. The number of halogens is 1. The number of nitrogens with two attached hydrogens (primary N) is 1. The van der Waals surface area contributed by atoms with E-state index < -0.39 is 0 Å². The van der Waals surface area contributed by atoms with Gasteiger partial charge in [0.15, 0.2) is 5.82 Å². The van der Waals surface area contributed by atoms with Gasteiger partial charge in [0.1, 0.15) is 0 Å². The Morgan fingerprint density at radius 3 is 2.94 bits per heavy atom. The number of nitrogens with zero attached hydrogens (tertiary/aromatic N) is 1. The van der Waals surface area contributed by atoms with Crippen molar-refractivity contribution < 1.29 is 4.79 Å². The molecule has 2 aromatic rings. The molecule has 0 aliphatic heterocycles. The minimum absolute atomic E-state index is 0.200. The van der Waals surface area contributed by atoms with Gasteiger partial charge >= 0.3 is 0 Å². The molecule has 0 aromatic carbocycles. The van der Waals surface area contributed by atoms with Gasteiger partial charge in [-0.15, -0.1) is 11.3 Å². The lowest BCUT2D eigenvalue weighted by molar-refractivity contribution is 0.103. The van der Waals surface area contributed by atoms with Crippen molar-refractivity contribution in [3.63, 3.8) is 0 Å². The number of nitrogens with one attached hydrogen (secondary N) is 1. The van der Waals surface area contributed by atoms with Crippen LogP contribution in [0.15, 0.2) is 28.2 Å². The molecule has 0 fully saturated rings. The number of aryl methyl sites for hydroxylation is 1. The number of hydrogen-bond acceptors (Lipinski definition) is 4. The first-order valence-electron chi connectivity index (χ1n) is 4.85. The predicted molar refractivity (Wildman–Crippen MR) is 73.4 cm³/mol. The molecular weight excluding hydrogens is 302 g/mol. The molecule has 0 atom stereocenters. The van der Waals surface area contributed by atoms with Crippen LogP contribution in [0.4, 0.5) is 11.5 Å². The van der Waals surface area contributed by atoms with E-state index >= 15 is 0 Å². The Bertz CT molecular complexity index is 548. The molecule has 0 unspecified atom stereocenters. The summed E-state index contributed by atoms with van der Waals surface area (Å²) in [5, 5.41) is 2.68. The van der Waals surface area contributed by atoms with Crippen LogP contribution in [-0.2, 0) is 0 Å². The lowest BCUT2D eigenvalue weighted by atomic mass is 10.3. The molecule has 0 spiro atoms. The average Bonchev–Trinajstić information content (AvgIpc) is 2.63. The number of carbonyl (C=O) groups is 1. The minimum atomic E-state index is -0.200. The van der Waals surface area contributed by atoms with E-state index in [0.717, 1.165) is 9.35 Å². The van der Waals surface area contributed by atoms with Gasteiger partial charge in [0, 0.05) is 6.20 Å². The maximum Gasteiger partial charge on any atom is 0.266 e. The van der Waals surface area contributed by atoms with E-state index in [1.807, 2.05) is 13.0 Å². The van der Waals surface area contributed by atoms with Crippen LogP contribution in [0, 0.1) is 6.92 Å². The topological polar surface area (TPSA) is 68.0 Å². The van der Waals surface area contributed by atoms with Crippen molar-refractivity contribution in [3.8, 4) is 0 Å². The quantitative estimate of drug-likeness (QED) is 0.895. The molecule has 0 aliphatic rings. The lowest BCUT2D eigenvalue weighted by Gasteiger charge is -2.04. The van der Waals surface area contributed by atoms with Gasteiger partial charge in [-0.05, 0) is 46.6 Å². The highest BCUT2D eigenvalue weighted by molar-refractivity contribution is 9.11. The average molecular weight is 312 g/mol. The molecular formula is C11H10BrN3OS. The molecule has 3 N–H and O–H groups in total. The Morgan fingerprint density at radius 1 is 1.59 bits per heavy atom. The highest BCUT2D eigenvalue weighted by Crippen LogP contribution is 2.28. The summed E-state index contributed by atoms with van der Waals surface area (Å²) in [5.41, 5.74) is 7.19. The van der Waals surface area contributed by atoms with Gasteiger partial charge in [-0.2, -0.15) is 0 Å². The zero-order valence-electron chi connectivity index (χ0n) is 9.03. The van der Waals surface area contributed by atoms with Crippen molar-refractivity contribution in [1.82, 2.24) is 4.98 Å². The summed E-state index contributed by atoms with van der Waals surface area (Å²) in [6.45, 7) is 1.94. The predicted octanol–water partition coefficient (Wildman–Crippen LogP) is 3.05. The Balaban J connectivity index is 2.20. The SMILES string of the molecule is Cc1cc(C(=O)Nc2ncccc2N)sc1Br. The number of anilines is 2. The van der Waals surface area contributed by atoms with Crippen molar-refractivity contribution in [2.45, 2.75) is 6.92 Å². The number of rotatable bonds is 2. The van der Waals surface area contributed by atoms with Crippen LogP contribution >= 0.6 is 27.3 Å². The normalized spacial score (nSPS) is 10.2. The first-order chi connectivity index (χ1) is 8.08. The molecule has 0 saturated carbocycles. The van der Waals surface area contributed by atoms with Gasteiger partial charge in [0.05, 0.1) is 14.4 Å². The fraction of sp³-hybridized carbons (Fsp3) is 0.0909. The van der Waals surface area contributed by atoms with Crippen LogP contribution in [0.1, 0.15) is 15.2 Å². The zero-order valence-corrected chi connectivity index (χ0v) is 11.4. The van der Waals surface area contributed by atoms with E-state index in [-0.39, 0.29) is 5.91 Å². The van der Waals surface area contributed by atoms with E-state index in [2.05, 4.69) is 26.2 Å². The molecule has 2 aromatic heterocycles. The van der Waals surface area contributed by atoms with Crippen LogP contribution in [0.5, 0.6) is 0 Å². The van der Waals surface area contributed by atoms with Crippen molar-refractivity contribution in [2.24, 2.45) is 0 Å². The van der Waals surface area contributed by atoms with E-state index in [1.165, 1.54) is 11.3 Å². The van der Waals surface area contributed by atoms with Gasteiger partial charge in [0.25, 0.3) is 5.91 Å². The third-order valence-corrected chi connectivity index (χ3v) is 4.29. The molecule has 0 bridgehead atoms. The molecule has 2 heterocycles. The smallest absolute Gasteiger partial charge is 0.266 e. The summed E-state index contributed by atoms with van der Waals surface area (Å²) in [6.07, 6.45) is 1.58. The molecule has 1 amide bonds. The lowest BCUT2D eigenvalue weighted by Crippen LogP contribution is -2.12. The third kappa shape index (κ3) is 2.65. The minimum Gasteiger partial charge on any atom is -0.396 e. The van der Waals surface area contributed by atoms with Crippen LogP contribution in [0.3, 0.4) is 0 Å². The second kappa shape index (κ2) is 4.85. The molecule has 17 heavy (non-hydrogen) atoms. The van der Waals surface area contributed by atoms with E-state index in [0.29, 0.717) is 16.4 Å². The maximum atomic E-state index is 11.9. The van der Waals surface area contributed by atoms with E-state index in [9.17, 15) is 4.79 Å². The Kier molecular flexibility index (Phi) is 3.44. The molecule has 4 nitrogen and oxygen atoms in total. The largest absolute Gasteiger partial charge is 0.396 e. The monoisotopic (exact) mass is 311 g/mol. The van der Waals surface area contributed by atoms with Gasteiger partial charge < -0.3 is 11.1 Å². The van der Waals surface area contributed by atoms with Crippen LogP contribution in [-0.4, -0.2) is 10.9 Å². The maximum absolute atomic E-state index is 11.9. The zero-order chi connectivity index (χ0) is 12.4. The Morgan fingerprint density at radius 2 is 2.35 bits per heavy atom. The number of thiophene rings is 1. The molecule has 2 rings (SSSR count). The Labute approximate surface area is 111 Å². The summed E-state index contributed by atoms with van der Waals surface area (Å²) < 4.78 is 0.955. The van der Waals surface area contributed by atoms with Gasteiger partial charge in [0.2, 0.25) is 0 Å². The second-order valence-corrected chi connectivity index (χ2v) is 5.83. The highest BCUT2D eigenvalue weighted by Gasteiger charge is 2.12. The first-order valence-corrected chi connectivity index (χ1v) is 6.46. The summed E-state index contributed by atoms with van der Waals surface area (Å²) in [4.78, 5) is 16.5. The standard InChI is InChI=1S/C11H10BrN3OS/c1-6-5-8(17-9(6)12)11(16)15-10-7(13)3-2-4-14-10/h2-5H,13H2,1H3,(H,14,15,16). The summed E-state index contributed by atoms with van der Waals surface area (Å²) >= 11 is 4.77. The van der Waals surface area contributed by atoms with Crippen molar-refractivity contribution >= 4 is 44.7 Å². The van der Waals surface area contributed by atoms with E-state index in [1.54, 1.807) is 18.3 Å². The van der Waals surface area contributed by atoms with Crippen molar-refractivity contribution in [3.05, 3.63) is 38.6 Å². The summed E-state index contributed by atoms with van der Waals surface area (Å²) in [7, 11) is 0. The van der Waals surface area contributed by atoms with Gasteiger partial charge in [-0.1, -0.05) is 0 Å². The number of pyridine rings is 1. The van der Waals surface area contributed by atoms with Crippen LogP contribution in [0.25, 0.3) is 0 Å². The number of nitrogen functional groups attached to an aromatic ring is 1. The first kappa shape index (κ1) is 12.1. The molecule has 0 radical (unpaired) electrons. The Hall–Kier alpha value is -1.40. The van der Waals surface area contributed by atoms with E-state index in [4.69, 9.17) is 5.73 Å². The number of aromatic nitrogens is 1. The molecule has 6 heteroatoms. The third-order valence-electron chi connectivity index (χ3n) is 2.15. The van der Waals surface area contributed by atoms with Gasteiger partial charge in [-0.3, -0.25) is 4.79 Å². The van der Waals surface area contributed by atoms with Crippen LogP contribution < -0.4 is 11.1 Å². The summed E-state index contributed by atoms with van der Waals surface area (Å²) in [6, 6.07) is 5.23. The number of carbonyl (C=O) groups excluding carboxylic acids is 1. The van der Waals surface area contributed by atoms with Crippen molar-refractivity contribution in [1.29, 1.82) is 0 Å². The number of amides is 1. The second-order valence-electron chi connectivity index (χ2n) is 3.46.